The van der Waals surface area contributed by atoms with E-state index in [1.165, 1.54) is 122 Å². The van der Waals surface area contributed by atoms with Crippen LogP contribution < -0.4 is 52.4 Å². The van der Waals surface area contributed by atoms with Crippen molar-refractivity contribution in [3.63, 3.8) is 0 Å². The van der Waals surface area contributed by atoms with E-state index >= 15 is 0 Å². The second-order valence-corrected chi connectivity index (χ2v) is 21.1. The van der Waals surface area contributed by atoms with Crippen LogP contribution in [-0.2, 0) is 0 Å². The van der Waals surface area contributed by atoms with Gasteiger partial charge >= 0.3 is 0 Å². The third-order valence-corrected chi connectivity index (χ3v) is 17.1. The summed E-state index contributed by atoms with van der Waals surface area (Å²) in [5.74, 6) is 0. The highest BCUT2D eigenvalue weighted by Gasteiger charge is 2.46. The summed E-state index contributed by atoms with van der Waals surface area (Å²) < 4.78 is 0. The van der Waals surface area contributed by atoms with Crippen molar-refractivity contribution in [2.24, 2.45) is 0 Å². The lowest BCUT2D eigenvalue weighted by molar-refractivity contribution is 1.26. The van der Waals surface area contributed by atoms with Crippen molar-refractivity contribution in [1.82, 2.24) is 0 Å². The Hall–Kier alpha value is -10.0. The lowest BCUT2D eigenvalue weighted by Gasteiger charge is -2.45. The van der Waals surface area contributed by atoms with Gasteiger partial charge in [0.2, 0.25) is 0 Å². The zero-order valence-electron chi connectivity index (χ0n) is 42.5. The molecule has 0 spiro atoms. The van der Waals surface area contributed by atoms with Crippen LogP contribution in [0.4, 0.5) is 68.2 Å². The van der Waals surface area contributed by atoms with E-state index in [9.17, 15) is 0 Å². The van der Waals surface area contributed by atoms with E-state index in [1.807, 2.05) is 0 Å². The van der Waals surface area contributed by atoms with Crippen molar-refractivity contribution >= 4 is 147 Å². The fourth-order valence-electron chi connectivity index (χ4n) is 13.9. The van der Waals surface area contributed by atoms with Gasteiger partial charge in [0.15, 0.2) is 0 Å². The van der Waals surface area contributed by atoms with Crippen LogP contribution in [0.5, 0.6) is 0 Å². The van der Waals surface area contributed by atoms with Crippen molar-refractivity contribution < 1.29 is 0 Å². The Kier molecular flexibility index (Phi) is 9.28. The van der Waals surface area contributed by atoms with E-state index in [2.05, 4.69) is 299 Å². The predicted octanol–water partition coefficient (Wildman–Crippen LogP) is 15.0. The Morgan fingerprint density at radius 2 is 0.615 bits per heavy atom. The molecule has 17 rings (SSSR count). The molecule has 0 fully saturated rings. The summed E-state index contributed by atoms with van der Waals surface area (Å²) >= 11 is 0. The quantitative estimate of drug-likeness (QED) is 0.159. The number of para-hydroxylation sites is 6. The predicted molar refractivity (Wildman–Crippen MR) is 332 cm³/mol. The summed E-state index contributed by atoms with van der Waals surface area (Å²) in [6.45, 7) is -0.0519. The molecule has 6 heteroatoms. The van der Waals surface area contributed by atoms with Gasteiger partial charge in [-0.15, -0.1) is 0 Å². The molecule has 0 unspecified atom stereocenters. The minimum Gasteiger partial charge on any atom is -0.311 e. The first-order chi connectivity index (χ1) is 38.7. The molecule has 0 N–H and O–H groups in total. The van der Waals surface area contributed by atoms with E-state index in [4.69, 9.17) is 0 Å². The second kappa shape index (κ2) is 16.7. The molecule has 0 saturated carbocycles. The van der Waals surface area contributed by atoms with Gasteiger partial charge in [-0.3, -0.25) is 0 Å². The Labute approximate surface area is 454 Å². The highest BCUT2D eigenvalue weighted by Crippen LogP contribution is 2.51. The van der Waals surface area contributed by atoms with Gasteiger partial charge in [0.1, 0.15) is 0 Å². The molecule has 0 atom stereocenters. The minimum absolute atomic E-state index is 0.0198. The van der Waals surface area contributed by atoms with Gasteiger partial charge in [-0.25, -0.2) is 0 Å². The Morgan fingerprint density at radius 3 is 1.23 bits per heavy atom. The summed E-state index contributed by atoms with van der Waals surface area (Å²) in [4.78, 5) is 10.1. The van der Waals surface area contributed by atoms with E-state index < -0.39 is 0 Å². The minimum atomic E-state index is -0.0717. The van der Waals surface area contributed by atoms with Crippen LogP contribution in [0.25, 0.3) is 43.4 Å². The van der Waals surface area contributed by atoms with E-state index in [0.717, 1.165) is 22.7 Å². The number of rotatable bonds is 5. The monoisotopic (exact) mass is 988 g/mol. The van der Waals surface area contributed by atoms with E-state index in [1.54, 1.807) is 0 Å². The third kappa shape index (κ3) is 6.14. The van der Waals surface area contributed by atoms with Crippen LogP contribution in [0.3, 0.4) is 0 Å². The summed E-state index contributed by atoms with van der Waals surface area (Å²) in [5.41, 5.74) is 24.5. The first-order valence-corrected chi connectivity index (χ1v) is 27.2. The van der Waals surface area contributed by atoms with Crippen molar-refractivity contribution in [3.05, 3.63) is 279 Å². The molecule has 0 saturated heterocycles. The Balaban J connectivity index is 0.947. The molecule has 0 bridgehead atoms. The second-order valence-electron chi connectivity index (χ2n) is 21.1. The van der Waals surface area contributed by atoms with E-state index in [0.29, 0.717) is 0 Å². The molecule has 4 aliphatic heterocycles. The molecule has 4 heterocycles. The molecule has 4 nitrogen and oxygen atoms in total. The molecule has 360 valence electrons. The third-order valence-electron chi connectivity index (χ3n) is 17.1. The maximum Gasteiger partial charge on any atom is 0.252 e. The Bertz CT molecular complexity index is 4590. The van der Waals surface area contributed by atoms with Crippen molar-refractivity contribution in [2.75, 3.05) is 19.6 Å². The summed E-state index contributed by atoms with van der Waals surface area (Å²) in [5, 5.41) is 7.33. The standard InChI is InChI=1S/C72H46B2N4/c1-5-23-52(24-6-1)75-63-35-19-17-33-59(63)73-60-34-18-20-36-64(60)76(53-25-7-2-8-26-53)72-58-43-48(37-38-51(58)46-66(75)68(72)73)49-40-42-65-62(44-49)74-61-41-39-47-21-13-15-31-56(47)70(61)78(55-29-11-4-12-30-55)67-45-50-22-14-16-32-57(50)71(69(67)74)77(65)54-27-9-3-10-28-54/h1-46H. The van der Waals surface area contributed by atoms with Gasteiger partial charge in [-0.05, 0) is 145 Å². The first-order valence-electron chi connectivity index (χ1n) is 27.2. The zero-order valence-corrected chi connectivity index (χ0v) is 42.5. The smallest absolute Gasteiger partial charge is 0.252 e. The van der Waals surface area contributed by atoms with Crippen molar-refractivity contribution in [1.29, 1.82) is 0 Å². The van der Waals surface area contributed by atoms with Gasteiger partial charge in [-0.1, -0.05) is 194 Å². The molecule has 13 aromatic rings. The highest BCUT2D eigenvalue weighted by atomic mass is 15.2. The van der Waals surface area contributed by atoms with Crippen LogP contribution >= 0.6 is 0 Å². The SMILES string of the molecule is c1ccc(N2c3ccccc3B3c4ccccc4N(c4ccccc4)c4c3c2cc2ccc(-c3ccc5c(c3)B3c6ccc7ccccc7c6N(c6ccccc6)c6cc7ccccc7c(c63)N5c3ccccc3)cc42)cc1. The molecular weight excluding hydrogens is 942 g/mol. The van der Waals surface area contributed by atoms with Crippen LogP contribution in [0.15, 0.2) is 279 Å². The maximum absolute atomic E-state index is 2.55. The number of fused-ring (bicyclic) bond motifs is 14. The molecule has 13 aromatic carbocycles. The molecule has 78 heavy (non-hydrogen) atoms. The van der Waals surface area contributed by atoms with Crippen molar-refractivity contribution in [2.45, 2.75) is 0 Å². The molecule has 0 aliphatic carbocycles. The number of nitrogens with zero attached hydrogens (tertiary/aromatic N) is 4. The van der Waals surface area contributed by atoms with E-state index in [-0.39, 0.29) is 13.4 Å². The number of hydrogen-bond acceptors (Lipinski definition) is 4. The molecule has 0 radical (unpaired) electrons. The number of benzene rings is 13. The molecule has 0 aromatic heterocycles. The summed E-state index contributed by atoms with van der Waals surface area (Å²) in [6.07, 6.45) is 0. The first kappa shape index (κ1) is 43.2. The fourth-order valence-corrected chi connectivity index (χ4v) is 13.9. The van der Waals surface area contributed by atoms with Gasteiger partial charge in [0.05, 0.1) is 11.4 Å². The number of hydrogen-bond donors (Lipinski definition) is 0. The molecular formula is C72H46B2N4. The normalized spacial score (nSPS) is 13.5. The van der Waals surface area contributed by atoms with Gasteiger partial charge in [0.25, 0.3) is 13.4 Å². The van der Waals surface area contributed by atoms with Crippen LogP contribution in [0.2, 0.25) is 0 Å². The topological polar surface area (TPSA) is 13.0 Å². The largest absolute Gasteiger partial charge is 0.311 e. The highest BCUT2D eigenvalue weighted by molar-refractivity contribution is 7.01. The lowest BCUT2D eigenvalue weighted by Crippen LogP contribution is -2.61. The molecule has 0 amide bonds. The number of anilines is 12. The average Bonchev–Trinajstić information content (AvgIpc) is 2.67. The van der Waals surface area contributed by atoms with Crippen LogP contribution in [0.1, 0.15) is 0 Å². The van der Waals surface area contributed by atoms with Crippen molar-refractivity contribution in [3.8, 4) is 11.1 Å². The molecule has 4 aliphatic rings. The maximum atomic E-state index is 2.55. The fraction of sp³-hybridized carbons (Fsp3) is 0. The van der Waals surface area contributed by atoms with Gasteiger partial charge in [-0.2, -0.15) is 0 Å². The lowest BCUT2D eigenvalue weighted by atomic mass is 9.33. The van der Waals surface area contributed by atoms with Crippen LogP contribution in [-0.4, -0.2) is 13.4 Å². The summed E-state index contributed by atoms with van der Waals surface area (Å²) in [7, 11) is 0. The zero-order chi connectivity index (χ0) is 51.0. The average molecular weight is 989 g/mol. The van der Waals surface area contributed by atoms with Gasteiger partial charge < -0.3 is 19.6 Å². The van der Waals surface area contributed by atoms with Gasteiger partial charge in [0, 0.05) is 73.0 Å². The summed E-state index contributed by atoms with van der Waals surface area (Å²) in [6, 6.07) is 104. The van der Waals surface area contributed by atoms with Crippen LogP contribution in [0, 0.1) is 0 Å². The Morgan fingerprint density at radius 1 is 0.218 bits per heavy atom.